The number of aliphatic imine (C=N–C) groups is 1. The highest BCUT2D eigenvalue weighted by molar-refractivity contribution is 7.90. The molecule has 0 radical (unpaired) electrons. The molecule has 0 aromatic carbocycles. The van der Waals surface area contributed by atoms with Gasteiger partial charge in [-0.1, -0.05) is 0 Å². The van der Waals surface area contributed by atoms with Crippen LogP contribution in [0.15, 0.2) is 4.99 Å². The molecule has 0 saturated carbocycles. The van der Waals surface area contributed by atoms with Gasteiger partial charge in [0, 0.05) is 45.6 Å². The normalized spacial score (nSPS) is 21.4. The van der Waals surface area contributed by atoms with Crippen LogP contribution in [0.1, 0.15) is 26.2 Å². The largest absolute Gasteiger partial charge is 0.383 e. The molecule has 1 fully saturated rings. The molecule has 7 nitrogen and oxygen atoms in total. The second kappa shape index (κ2) is 10.1. The van der Waals surface area contributed by atoms with E-state index in [4.69, 9.17) is 4.74 Å². The van der Waals surface area contributed by atoms with Gasteiger partial charge in [0.05, 0.1) is 12.4 Å². The van der Waals surface area contributed by atoms with E-state index >= 15 is 0 Å². The number of likely N-dealkylation sites (tertiary alicyclic amines) is 1. The number of nitrogens with zero attached hydrogens (tertiary/aromatic N) is 2. The average molecular weight is 349 g/mol. The number of methoxy groups -OCH3 is 1. The first-order valence-corrected chi connectivity index (χ1v) is 10.3. The Morgan fingerprint density at radius 3 is 2.83 bits per heavy atom. The van der Waals surface area contributed by atoms with Crippen molar-refractivity contribution in [1.29, 1.82) is 0 Å². The molecule has 23 heavy (non-hydrogen) atoms. The van der Waals surface area contributed by atoms with Gasteiger partial charge < -0.3 is 15.4 Å². The van der Waals surface area contributed by atoms with Crippen molar-refractivity contribution in [3.63, 3.8) is 0 Å². The summed E-state index contributed by atoms with van der Waals surface area (Å²) in [5, 5.41) is 6.61. The lowest BCUT2D eigenvalue weighted by Crippen LogP contribution is -2.47. The van der Waals surface area contributed by atoms with Gasteiger partial charge in [0.1, 0.15) is 9.84 Å². The fourth-order valence-corrected chi connectivity index (χ4v) is 3.52. The van der Waals surface area contributed by atoms with Crippen molar-refractivity contribution in [2.24, 2.45) is 4.99 Å². The molecule has 0 aromatic rings. The summed E-state index contributed by atoms with van der Waals surface area (Å²) in [7, 11) is 0.539. The van der Waals surface area contributed by atoms with Gasteiger partial charge in [0.25, 0.3) is 0 Å². The topological polar surface area (TPSA) is 83.0 Å². The summed E-state index contributed by atoms with van der Waals surface area (Å²) in [5.74, 6) is 0.913. The molecule has 0 amide bonds. The number of nitrogens with one attached hydrogen (secondary N) is 2. The minimum absolute atomic E-state index is 0.0593. The first-order chi connectivity index (χ1) is 10.9. The van der Waals surface area contributed by atoms with Crippen molar-refractivity contribution in [3.8, 4) is 0 Å². The van der Waals surface area contributed by atoms with E-state index in [1.54, 1.807) is 14.2 Å². The van der Waals surface area contributed by atoms with E-state index < -0.39 is 9.84 Å². The standard InChI is InChI=1S/C15H32N4O3S/c1-13(7-11-23(4,20)21)18-15(16-2)17-12-14-6-5-8-19(14)9-10-22-3/h13-14H,5-12H2,1-4H3,(H2,16,17,18). The Morgan fingerprint density at radius 2 is 2.22 bits per heavy atom. The number of guanidine groups is 1. The highest BCUT2D eigenvalue weighted by Crippen LogP contribution is 2.15. The third kappa shape index (κ3) is 8.53. The Bertz CT molecular complexity index is 467. The molecule has 136 valence electrons. The minimum atomic E-state index is -2.92. The van der Waals surface area contributed by atoms with Gasteiger partial charge in [-0.3, -0.25) is 9.89 Å². The third-order valence-electron chi connectivity index (χ3n) is 4.12. The number of rotatable bonds is 9. The first-order valence-electron chi connectivity index (χ1n) is 8.23. The van der Waals surface area contributed by atoms with Crippen molar-refractivity contribution in [2.45, 2.75) is 38.3 Å². The predicted octanol–water partition coefficient (Wildman–Crippen LogP) is 0.0854. The van der Waals surface area contributed by atoms with Gasteiger partial charge in [-0.2, -0.15) is 0 Å². The first kappa shape index (κ1) is 20.2. The average Bonchev–Trinajstić information content (AvgIpc) is 2.94. The molecule has 1 aliphatic heterocycles. The lowest BCUT2D eigenvalue weighted by Gasteiger charge is -2.26. The Labute approximate surface area is 140 Å². The SMILES string of the molecule is CN=C(NCC1CCCN1CCOC)NC(C)CCS(C)(=O)=O. The second-order valence-electron chi connectivity index (χ2n) is 6.24. The molecule has 1 aliphatic rings. The van der Waals surface area contributed by atoms with Crippen molar-refractivity contribution in [2.75, 3.05) is 52.4 Å². The van der Waals surface area contributed by atoms with Crippen LogP contribution in [0, 0.1) is 0 Å². The fraction of sp³-hybridized carbons (Fsp3) is 0.933. The molecule has 1 heterocycles. The van der Waals surface area contributed by atoms with Crippen LogP contribution in [0.4, 0.5) is 0 Å². The summed E-state index contributed by atoms with van der Waals surface area (Å²) in [6.45, 7) is 5.64. The van der Waals surface area contributed by atoms with Crippen LogP contribution in [0.25, 0.3) is 0 Å². The van der Waals surface area contributed by atoms with Gasteiger partial charge >= 0.3 is 0 Å². The van der Waals surface area contributed by atoms with E-state index in [1.807, 2.05) is 6.92 Å². The molecule has 1 rings (SSSR count). The van der Waals surface area contributed by atoms with Crippen molar-refractivity contribution < 1.29 is 13.2 Å². The molecule has 0 bridgehead atoms. The van der Waals surface area contributed by atoms with E-state index in [-0.39, 0.29) is 11.8 Å². The minimum Gasteiger partial charge on any atom is -0.383 e. The quantitative estimate of drug-likeness (QED) is 0.454. The van der Waals surface area contributed by atoms with Crippen LogP contribution in [0.3, 0.4) is 0 Å². The molecule has 0 aromatic heterocycles. The molecule has 2 unspecified atom stereocenters. The van der Waals surface area contributed by atoms with Gasteiger partial charge in [-0.05, 0) is 32.7 Å². The van der Waals surface area contributed by atoms with E-state index in [0.717, 1.165) is 32.2 Å². The predicted molar refractivity (Wildman–Crippen MR) is 94.8 cm³/mol. The monoisotopic (exact) mass is 348 g/mol. The lowest BCUT2D eigenvalue weighted by molar-refractivity contribution is 0.141. The fourth-order valence-electron chi connectivity index (χ4n) is 2.73. The highest BCUT2D eigenvalue weighted by atomic mass is 32.2. The van der Waals surface area contributed by atoms with Crippen LogP contribution in [0.5, 0.6) is 0 Å². The van der Waals surface area contributed by atoms with Gasteiger partial charge in [-0.25, -0.2) is 8.42 Å². The maximum absolute atomic E-state index is 11.2. The van der Waals surface area contributed by atoms with E-state index in [1.165, 1.54) is 19.1 Å². The van der Waals surface area contributed by atoms with Crippen LogP contribution in [-0.2, 0) is 14.6 Å². The van der Waals surface area contributed by atoms with Crippen molar-refractivity contribution in [3.05, 3.63) is 0 Å². The molecule has 0 spiro atoms. The summed E-state index contributed by atoms with van der Waals surface area (Å²) < 4.78 is 27.6. The Hall–Kier alpha value is -0.860. The number of hydrogen-bond donors (Lipinski definition) is 2. The third-order valence-corrected chi connectivity index (χ3v) is 5.09. The Morgan fingerprint density at radius 1 is 1.48 bits per heavy atom. The number of sulfone groups is 1. The summed E-state index contributed by atoms with van der Waals surface area (Å²) >= 11 is 0. The second-order valence-corrected chi connectivity index (χ2v) is 8.50. The lowest BCUT2D eigenvalue weighted by atomic mass is 10.2. The molecule has 8 heteroatoms. The zero-order valence-electron chi connectivity index (χ0n) is 14.8. The van der Waals surface area contributed by atoms with Crippen LogP contribution in [0.2, 0.25) is 0 Å². The molecule has 0 aliphatic carbocycles. The molecule has 2 N–H and O–H groups in total. The van der Waals surface area contributed by atoms with E-state index in [0.29, 0.717) is 12.5 Å². The van der Waals surface area contributed by atoms with E-state index in [9.17, 15) is 8.42 Å². The van der Waals surface area contributed by atoms with Crippen LogP contribution in [-0.4, -0.2) is 83.8 Å². The Kier molecular flexibility index (Phi) is 8.86. The maximum atomic E-state index is 11.2. The van der Waals surface area contributed by atoms with Gasteiger partial charge in [0.2, 0.25) is 0 Å². The summed E-state index contributed by atoms with van der Waals surface area (Å²) in [6.07, 6.45) is 4.23. The highest BCUT2D eigenvalue weighted by Gasteiger charge is 2.24. The summed E-state index contributed by atoms with van der Waals surface area (Å²) in [6, 6.07) is 0.555. The number of ether oxygens (including phenoxy) is 1. The zero-order chi connectivity index (χ0) is 17.3. The molecule has 1 saturated heterocycles. The molecule has 2 atom stereocenters. The van der Waals surface area contributed by atoms with Gasteiger partial charge in [0.15, 0.2) is 5.96 Å². The van der Waals surface area contributed by atoms with Crippen molar-refractivity contribution >= 4 is 15.8 Å². The zero-order valence-corrected chi connectivity index (χ0v) is 15.7. The Balaban J connectivity index is 2.35. The maximum Gasteiger partial charge on any atom is 0.191 e. The smallest absolute Gasteiger partial charge is 0.191 e. The molecular formula is C15H32N4O3S. The number of hydrogen-bond acceptors (Lipinski definition) is 5. The van der Waals surface area contributed by atoms with Gasteiger partial charge in [-0.15, -0.1) is 0 Å². The van der Waals surface area contributed by atoms with Crippen LogP contribution >= 0.6 is 0 Å². The van der Waals surface area contributed by atoms with Crippen LogP contribution < -0.4 is 10.6 Å². The summed E-state index contributed by atoms with van der Waals surface area (Å²) in [5.41, 5.74) is 0. The van der Waals surface area contributed by atoms with E-state index in [2.05, 4.69) is 20.5 Å². The van der Waals surface area contributed by atoms with Crippen molar-refractivity contribution in [1.82, 2.24) is 15.5 Å². The molecular weight excluding hydrogens is 316 g/mol. The summed E-state index contributed by atoms with van der Waals surface area (Å²) in [4.78, 5) is 6.66.